The molecular formula is C20H20N4O2. The van der Waals surface area contributed by atoms with Gasteiger partial charge in [0.25, 0.3) is 5.91 Å². The van der Waals surface area contributed by atoms with E-state index >= 15 is 0 Å². The van der Waals surface area contributed by atoms with Gasteiger partial charge in [-0.25, -0.2) is 4.98 Å². The molecule has 6 heteroatoms. The number of hydrogen-bond acceptors (Lipinski definition) is 5. The van der Waals surface area contributed by atoms with Crippen molar-refractivity contribution in [2.75, 3.05) is 17.7 Å². The predicted octanol–water partition coefficient (Wildman–Crippen LogP) is 3.48. The van der Waals surface area contributed by atoms with Crippen molar-refractivity contribution in [3.63, 3.8) is 0 Å². The lowest BCUT2D eigenvalue weighted by molar-refractivity contribution is -0.113. The maximum atomic E-state index is 12.4. The number of para-hydroxylation sites is 3. The lowest BCUT2D eigenvalue weighted by Crippen LogP contribution is -2.24. The molecule has 3 aromatic rings. The minimum Gasteiger partial charge on any atom is -0.495 e. The van der Waals surface area contributed by atoms with E-state index in [1.807, 2.05) is 54.6 Å². The molecule has 0 fully saturated rings. The molecule has 4 N–H and O–H groups in total. The van der Waals surface area contributed by atoms with Gasteiger partial charge in [0.2, 0.25) is 0 Å². The first-order valence-corrected chi connectivity index (χ1v) is 8.12. The average Bonchev–Trinajstić information content (AvgIpc) is 2.67. The number of ether oxygens (including phenoxy) is 1. The summed E-state index contributed by atoms with van der Waals surface area (Å²) < 4.78 is 5.29. The van der Waals surface area contributed by atoms with Crippen LogP contribution in [0.3, 0.4) is 0 Å². The minimum atomic E-state index is -0.423. The number of fused-ring (bicyclic) bond motifs is 1. The molecule has 3 rings (SSSR count). The number of nitrogens with zero attached hydrogens (tertiary/aromatic N) is 1. The second-order valence-corrected chi connectivity index (χ2v) is 5.71. The molecule has 1 heterocycles. The standard InChI is InChI=1S/C20H20N4O2/c1-13(22-16-9-5-6-10-17(16)26-2)19(21)20(25)24-18-12-11-14-7-3-4-8-15(14)23-18/h3-12,22H,21H2,1-2H3,(H,23,24,25)/b19-13-. The summed E-state index contributed by atoms with van der Waals surface area (Å²) in [6, 6.07) is 18.7. The largest absolute Gasteiger partial charge is 0.495 e. The van der Waals surface area contributed by atoms with E-state index in [9.17, 15) is 4.79 Å². The Morgan fingerprint density at radius 3 is 2.54 bits per heavy atom. The Kier molecular flexibility index (Phi) is 5.03. The maximum Gasteiger partial charge on any atom is 0.274 e. The number of carbonyl (C=O) groups excluding carboxylic acids is 1. The van der Waals surface area contributed by atoms with Gasteiger partial charge in [0.1, 0.15) is 17.3 Å². The van der Waals surface area contributed by atoms with E-state index in [2.05, 4.69) is 15.6 Å². The number of rotatable bonds is 5. The topological polar surface area (TPSA) is 89.3 Å². The smallest absolute Gasteiger partial charge is 0.274 e. The fourth-order valence-corrected chi connectivity index (χ4v) is 2.51. The van der Waals surface area contributed by atoms with E-state index < -0.39 is 5.91 Å². The summed E-state index contributed by atoms with van der Waals surface area (Å²) in [7, 11) is 1.58. The van der Waals surface area contributed by atoms with Crippen LogP contribution < -0.4 is 21.1 Å². The summed E-state index contributed by atoms with van der Waals surface area (Å²) in [5.41, 5.74) is 8.12. The molecule has 0 saturated carbocycles. The number of anilines is 2. The van der Waals surface area contributed by atoms with E-state index in [1.54, 1.807) is 20.1 Å². The van der Waals surface area contributed by atoms with Gasteiger partial charge in [-0.1, -0.05) is 30.3 Å². The average molecular weight is 348 g/mol. The molecule has 0 radical (unpaired) electrons. The van der Waals surface area contributed by atoms with Gasteiger partial charge in [-0.05, 0) is 37.3 Å². The third-order valence-electron chi connectivity index (χ3n) is 3.92. The van der Waals surface area contributed by atoms with Gasteiger partial charge in [0, 0.05) is 11.1 Å². The second kappa shape index (κ2) is 7.57. The third kappa shape index (κ3) is 3.75. The molecule has 132 valence electrons. The van der Waals surface area contributed by atoms with Gasteiger partial charge in [0.05, 0.1) is 18.3 Å². The van der Waals surface area contributed by atoms with Crippen LogP contribution in [0.2, 0.25) is 0 Å². The normalized spacial score (nSPS) is 11.6. The summed E-state index contributed by atoms with van der Waals surface area (Å²) >= 11 is 0. The van der Waals surface area contributed by atoms with Crippen molar-refractivity contribution in [3.05, 3.63) is 72.1 Å². The second-order valence-electron chi connectivity index (χ2n) is 5.71. The predicted molar refractivity (Wildman–Crippen MR) is 104 cm³/mol. The van der Waals surface area contributed by atoms with Gasteiger partial charge in [0.15, 0.2) is 0 Å². The molecule has 26 heavy (non-hydrogen) atoms. The molecule has 0 atom stereocenters. The molecule has 2 aromatic carbocycles. The van der Waals surface area contributed by atoms with Crippen LogP contribution in [-0.4, -0.2) is 18.0 Å². The van der Waals surface area contributed by atoms with Gasteiger partial charge < -0.3 is 21.1 Å². The first-order chi connectivity index (χ1) is 12.6. The summed E-state index contributed by atoms with van der Waals surface area (Å²) in [5.74, 6) is 0.686. The van der Waals surface area contributed by atoms with Crippen LogP contribution in [0.5, 0.6) is 5.75 Å². The number of carbonyl (C=O) groups is 1. The fraction of sp³-hybridized carbons (Fsp3) is 0.100. The molecular weight excluding hydrogens is 328 g/mol. The van der Waals surface area contributed by atoms with Crippen LogP contribution in [0.4, 0.5) is 11.5 Å². The fourth-order valence-electron chi connectivity index (χ4n) is 2.51. The number of hydrogen-bond donors (Lipinski definition) is 3. The van der Waals surface area contributed by atoms with Crippen LogP contribution in [0, 0.1) is 0 Å². The van der Waals surface area contributed by atoms with E-state index in [0.29, 0.717) is 17.3 Å². The van der Waals surface area contributed by atoms with Crippen LogP contribution in [-0.2, 0) is 4.79 Å². The highest BCUT2D eigenvalue weighted by Crippen LogP contribution is 2.24. The highest BCUT2D eigenvalue weighted by molar-refractivity contribution is 6.03. The van der Waals surface area contributed by atoms with Crippen LogP contribution in [0.25, 0.3) is 10.9 Å². The Morgan fingerprint density at radius 1 is 1.00 bits per heavy atom. The molecule has 0 unspecified atom stereocenters. The maximum absolute atomic E-state index is 12.4. The van der Waals surface area contributed by atoms with E-state index in [-0.39, 0.29) is 5.70 Å². The number of allylic oxidation sites excluding steroid dienone is 1. The Hall–Kier alpha value is -3.54. The first-order valence-electron chi connectivity index (χ1n) is 8.12. The first kappa shape index (κ1) is 17.3. The Balaban J connectivity index is 1.77. The summed E-state index contributed by atoms with van der Waals surface area (Å²) in [4.78, 5) is 16.8. The zero-order chi connectivity index (χ0) is 18.5. The molecule has 0 bridgehead atoms. The highest BCUT2D eigenvalue weighted by atomic mass is 16.5. The number of nitrogens with one attached hydrogen (secondary N) is 2. The number of pyridine rings is 1. The highest BCUT2D eigenvalue weighted by Gasteiger charge is 2.12. The number of aromatic nitrogens is 1. The van der Waals surface area contributed by atoms with Gasteiger partial charge in [-0.3, -0.25) is 4.79 Å². The van der Waals surface area contributed by atoms with E-state index in [0.717, 1.165) is 16.6 Å². The Morgan fingerprint density at radius 2 is 1.73 bits per heavy atom. The summed E-state index contributed by atoms with van der Waals surface area (Å²) in [6.07, 6.45) is 0. The lowest BCUT2D eigenvalue weighted by Gasteiger charge is -2.13. The van der Waals surface area contributed by atoms with E-state index in [4.69, 9.17) is 10.5 Å². The quantitative estimate of drug-likeness (QED) is 0.614. The van der Waals surface area contributed by atoms with Crippen molar-refractivity contribution in [2.45, 2.75) is 6.92 Å². The van der Waals surface area contributed by atoms with Crippen molar-refractivity contribution in [1.29, 1.82) is 0 Å². The van der Waals surface area contributed by atoms with Crippen molar-refractivity contribution in [1.82, 2.24) is 4.98 Å². The van der Waals surface area contributed by atoms with Gasteiger partial charge >= 0.3 is 0 Å². The zero-order valence-corrected chi connectivity index (χ0v) is 14.6. The van der Waals surface area contributed by atoms with Crippen molar-refractivity contribution >= 4 is 28.3 Å². The van der Waals surface area contributed by atoms with Crippen molar-refractivity contribution in [2.24, 2.45) is 5.73 Å². The zero-order valence-electron chi connectivity index (χ0n) is 14.6. The number of benzene rings is 2. The number of amides is 1. The number of methoxy groups -OCH3 is 1. The molecule has 0 saturated heterocycles. The SMILES string of the molecule is COc1ccccc1N/C(C)=C(\N)C(=O)Nc1ccc2ccccc2n1. The molecule has 0 spiro atoms. The number of nitrogens with two attached hydrogens (primary N) is 1. The third-order valence-corrected chi connectivity index (χ3v) is 3.92. The molecule has 1 amide bonds. The van der Waals surface area contributed by atoms with Crippen molar-refractivity contribution < 1.29 is 9.53 Å². The summed E-state index contributed by atoms with van der Waals surface area (Å²) in [5, 5.41) is 6.83. The Labute approximate surface area is 151 Å². The van der Waals surface area contributed by atoms with Crippen LogP contribution >= 0.6 is 0 Å². The minimum absolute atomic E-state index is 0.0749. The molecule has 0 aliphatic carbocycles. The molecule has 0 aliphatic rings. The Bertz CT molecular complexity index is 982. The van der Waals surface area contributed by atoms with E-state index in [1.165, 1.54) is 0 Å². The monoisotopic (exact) mass is 348 g/mol. The molecule has 1 aromatic heterocycles. The van der Waals surface area contributed by atoms with Gasteiger partial charge in [-0.15, -0.1) is 0 Å². The van der Waals surface area contributed by atoms with Crippen molar-refractivity contribution in [3.8, 4) is 5.75 Å². The van der Waals surface area contributed by atoms with Crippen LogP contribution in [0.15, 0.2) is 72.1 Å². The molecule has 0 aliphatic heterocycles. The lowest BCUT2D eigenvalue weighted by atomic mass is 10.2. The summed E-state index contributed by atoms with van der Waals surface area (Å²) in [6.45, 7) is 1.73. The van der Waals surface area contributed by atoms with Crippen LogP contribution in [0.1, 0.15) is 6.92 Å². The molecule has 6 nitrogen and oxygen atoms in total. The van der Waals surface area contributed by atoms with Gasteiger partial charge in [-0.2, -0.15) is 0 Å².